The zero-order valence-electron chi connectivity index (χ0n) is 4.66. The van der Waals surface area contributed by atoms with Gasteiger partial charge in [-0.1, -0.05) is 0 Å². The lowest BCUT2D eigenvalue weighted by Gasteiger charge is -2.05. The monoisotopic (exact) mass is 111 g/mol. The Hall–Kier alpha value is -0.990. The summed E-state index contributed by atoms with van der Waals surface area (Å²) in [6.45, 7) is 2.61. The smallest absolute Gasteiger partial charge is 0.298 e. The lowest BCUT2D eigenvalue weighted by molar-refractivity contribution is 0.225. The minimum Gasteiger partial charge on any atom is -0.298 e. The van der Waals surface area contributed by atoms with Gasteiger partial charge in [0.1, 0.15) is 0 Å². The number of rotatable bonds is 1. The van der Waals surface area contributed by atoms with Crippen LogP contribution >= 0.6 is 0 Å². The summed E-state index contributed by atoms with van der Waals surface area (Å²) in [5.74, 6) is 0. The Labute approximate surface area is 48.0 Å². The van der Waals surface area contributed by atoms with Crippen LogP contribution in [0.5, 0.6) is 0 Å². The third-order valence-corrected chi connectivity index (χ3v) is 1.02. The first-order valence-electron chi connectivity index (χ1n) is 2.52. The van der Waals surface area contributed by atoms with Crippen LogP contribution in [0.1, 0.15) is 6.92 Å². The molecule has 1 rings (SSSR count). The third-order valence-electron chi connectivity index (χ3n) is 1.02. The Morgan fingerprint density at radius 3 is 2.88 bits per heavy atom. The van der Waals surface area contributed by atoms with Gasteiger partial charge in [0.25, 0.3) is 0 Å². The summed E-state index contributed by atoms with van der Waals surface area (Å²) in [6.07, 6.45) is 3.17. The van der Waals surface area contributed by atoms with Gasteiger partial charge in [-0.15, -0.1) is 0 Å². The Balaban J connectivity index is 2.53. The predicted octanol–water partition coefficient (Wildman–Crippen LogP) is 0.518. The van der Waals surface area contributed by atoms with Gasteiger partial charge in [0.2, 0.25) is 0 Å². The van der Waals surface area contributed by atoms with Crippen LogP contribution in [0.25, 0.3) is 0 Å². The molecule has 2 amide bonds. The maximum Gasteiger partial charge on any atom is 0.347 e. The molecule has 1 radical (unpaired) electrons. The summed E-state index contributed by atoms with van der Waals surface area (Å²) >= 11 is 0. The molecule has 0 fully saturated rings. The first-order chi connectivity index (χ1) is 3.84. The van der Waals surface area contributed by atoms with Crippen LogP contribution in [0, 0.1) is 0 Å². The molecule has 0 unspecified atom stereocenters. The molecule has 0 aliphatic carbocycles. The standard InChI is InChI=1S/C5H7N2O/c1-2-7-4-3-6-5(7)8/h3-4H,2H2,1H3. The van der Waals surface area contributed by atoms with Crippen LogP contribution < -0.4 is 5.32 Å². The fourth-order valence-corrected chi connectivity index (χ4v) is 0.556. The second-order valence-electron chi connectivity index (χ2n) is 1.50. The fraction of sp³-hybridized carbons (Fsp3) is 0.400. The van der Waals surface area contributed by atoms with Gasteiger partial charge in [-0.2, -0.15) is 0 Å². The summed E-state index contributed by atoms with van der Waals surface area (Å²) < 4.78 is 0. The van der Waals surface area contributed by atoms with Crippen molar-refractivity contribution in [3.8, 4) is 0 Å². The third kappa shape index (κ3) is 0.665. The minimum atomic E-state index is -0.160. The van der Waals surface area contributed by atoms with Gasteiger partial charge in [0.15, 0.2) is 0 Å². The Morgan fingerprint density at radius 2 is 2.62 bits per heavy atom. The van der Waals surface area contributed by atoms with Crippen molar-refractivity contribution in [2.24, 2.45) is 0 Å². The molecule has 1 heterocycles. The average Bonchev–Trinajstić information content (AvgIpc) is 2.14. The lowest BCUT2D eigenvalue weighted by atomic mass is 10.6. The first-order valence-corrected chi connectivity index (χ1v) is 2.52. The van der Waals surface area contributed by atoms with E-state index in [9.17, 15) is 4.79 Å². The molecule has 0 aromatic carbocycles. The number of nitrogens with zero attached hydrogens (tertiary/aromatic N) is 2. The van der Waals surface area contributed by atoms with Gasteiger partial charge in [0.05, 0.1) is 0 Å². The van der Waals surface area contributed by atoms with Crippen molar-refractivity contribution < 1.29 is 4.79 Å². The summed E-state index contributed by atoms with van der Waals surface area (Å²) in [6, 6.07) is -0.160. The van der Waals surface area contributed by atoms with E-state index in [0.717, 1.165) is 0 Å². The molecule has 0 aromatic rings. The van der Waals surface area contributed by atoms with E-state index in [2.05, 4.69) is 5.32 Å². The molecule has 0 saturated heterocycles. The predicted molar refractivity (Wildman–Crippen MR) is 29.0 cm³/mol. The second-order valence-corrected chi connectivity index (χ2v) is 1.50. The van der Waals surface area contributed by atoms with Crippen LogP contribution in [-0.4, -0.2) is 17.5 Å². The number of carbonyl (C=O) groups excluding carboxylic acids is 1. The number of urea groups is 1. The lowest BCUT2D eigenvalue weighted by Crippen LogP contribution is -2.23. The fourth-order valence-electron chi connectivity index (χ4n) is 0.556. The Kier molecular flexibility index (Phi) is 1.20. The molecule has 0 atom stereocenters. The molecular formula is C5H7N2O. The van der Waals surface area contributed by atoms with Crippen LogP contribution in [-0.2, 0) is 0 Å². The van der Waals surface area contributed by atoms with Crippen molar-refractivity contribution in [2.45, 2.75) is 6.92 Å². The van der Waals surface area contributed by atoms with Gasteiger partial charge in [-0.25, -0.2) is 10.1 Å². The molecule has 43 valence electrons. The van der Waals surface area contributed by atoms with Gasteiger partial charge in [-0.05, 0) is 6.92 Å². The normalized spacial score (nSPS) is 17.1. The van der Waals surface area contributed by atoms with E-state index < -0.39 is 0 Å². The molecule has 8 heavy (non-hydrogen) atoms. The molecule has 1 aliphatic heterocycles. The molecule has 0 N–H and O–H groups in total. The van der Waals surface area contributed by atoms with Crippen molar-refractivity contribution in [1.82, 2.24) is 10.2 Å². The molecular weight excluding hydrogens is 104 g/mol. The minimum absolute atomic E-state index is 0.160. The van der Waals surface area contributed by atoms with E-state index in [1.807, 2.05) is 6.92 Å². The highest BCUT2D eigenvalue weighted by molar-refractivity contribution is 5.78. The molecule has 0 aromatic heterocycles. The molecule has 3 heteroatoms. The highest BCUT2D eigenvalue weighted by Gasteiger charge is 2.12. The van der Waals surface area contributed by atoms with E-state index in [0.29, 0.717) is 6.54 Å². The quantitative estimate of drug-likeness (QED) is 0.485. The van der Waals surface area contributed by atoms with Crippen molar-refractivity contribution in [3.05, 3.63) is 12.4 Å². The summed E-state index contributed by atoms with van der Waals surface area (Å²) in [5, 5.41) is 3.49. The Morgan fingerprint density at radius 1 is 1.88 bits per heavy atom. The highest BCUT2D eigenvalue weighted by atomic mass is 16.2. The van der Waals surface area contributed by atoms with E-state index in [-0.39, 0.29) is 6.03 Å². The van der Waals surface area contributed by atoms with Gasteiger partial charge >= 0.3 is 6.03 Å². The second kappa shape index (κ2) is 1.86. The van der Waals surface area contributed by atoms with Crippen LogP contribution in [0.2, 0.25) is 0 Å². The van der Waals surface area contributed by atoms with E-state index in [4.69, 9.17) is 0 Å². The highest BCUT2D eigenvalue weighted by Crippen LogP contribution is 1.97. The van der Waals surface area contributed by atoms with Gasteiger partial charge in [0, 0.05) is 18.9 Å². The van der Waals surface area contributed by atoms with Gasteiger partial charge < -0.3 is 0 Å². The SMILES string of the molecule is CCN1C=C[N]C1=O. The van der Waals surface area contributed by atoms with Crippen molar-refractivity contribution in [2.75, 3.05) is 6.54 Å². The largest absolute Gasteiger partial charge is 0.347 e. The zero-order chi connectivity index (χ0) is 5.98. The molecule has 0 saturated carbocycles. The van der Waals surface area contributed by atoms with Crippen LogP contribution in [0.4, 0.5) is 4.79 Å². The average molecular weight is 111 g/mol. The number of amides is 2. The number of hydrogen-bond donors (Lipinski definition) is 0. The number of carbonyl (C=O) groups is 1. The molecule has 1 aliphatic rings. The molecule has 0 bridgehead atoms. The van der Waals surface area contributed by atoms with Crippen molar-refractivity contribution in [3.63, 3.8) is 0 Å². The summed E-state index contributed by atoms with van der Waals surface area (Å²) in [4.78, 5) is 12.0. The maximum absolute atomic E-state index is 10.5. The topological polar surface area (TPSA) is 34.4 Å². The van der Waals surface area contributed by atoms with Crippen LogP contribution in [0.3, 0.4) is 0 Å². The summed E-state index contributed by atoms with van der Waals surface area (Å²) in [7, 11) is 0. The van der Waals surface area contributed by atoms with E-state index in [1.165, 1.54) is 6.20 Å². The van der Waals surface area contributed by atoms with Crippen molar-refractivity contribution >= 4 is 6.03 Å². The van der Waals surface area contributed by atoms with E-state index in [1.54, 1.807) is 11.1 Å². The molecule has 3 nitrogen and oxygen atoms in total. The maximum atomic E-state index is 10.5. The molecule has 0 spiro atoms. The zero-order valence-corrected chi connectivity index (χ0v) is 4.66. The number of hydrogen-bond acceptors (Lipinski definition) is 1. The van der Waals surface area contributed by atoms with Crippen molar-refractivity contribution in [1.29, 1.82) is 0 Å². The Bertz CT molecular complexity index is 130. The van der Waals surface area contributed by atoms with Crippen LogP contribution in [0.15, 0.2) is 12.4 Å². The van der Waals surface area contributed by atoms with E-state index >= 15 is 0 Å². The summed E-state index contributed by atoms with van der Waals surface area (Å²) in [5.41, 5.74) is 0. The van der Waals surface area contributed by atoms with Gasteiger partial charge in [-0.3, -0.25) is 4.90 Å². The first kappa shape index (κ1) is 5.15.